The van der Waals surface area contributed by atoms with Crippen molar-refractivity contribution in [1.29, 1.82) is 0 Å². The number of hydrogen-bond donors (Lipinski definition) is 2. The van der Waals surface area contributed by atoms with E-state index in [9.17, 15) is 23.6 Å². The lowest BCUT2D eigenvalue weighted by molar-refractivity contribution is -0.141. The SMILES string of the molecule is O=C1CN(CCNC(=O)c2ccc(F)cc2)C(=O)[C@@H]2CCCN2C2CCN(CC2)C(=O)C[C@@H]2CCN(Cc3ccccc3)C[C@@H]2CCN1. The van der Waals surface area contributed by atoms with Crippen LogP contribution in [0.2, 0.25) is 0 Å². The summed E-state index contributed by atoms with van der Waals surface area (Å²) in [7, 11) is 0. The second-order valence-corrected chi connectivity index (χ2v) is 13.9. The van der Waals surface area contributed by atoms with E-state index in [4.69, 9.17) is 0 Å². The van der Waals surface area contributed by atoms with Gasteiger partial charge in [0.2, 0.25) is 17.7 Å². The van der Waals surface area contributed by atoms with E-state index in [-0.39, 0.29) is 67.2 Å². The van der Waals surface area contributed by atoms with E-state index in [0.717, 1.165) is 64.7 Å². The maximum atomic E-state index is 14.1. The van der Waals surface area contributed by atoms with Gasteiger partial charge in [-0.25, -0.2) is 4.39 Å². The number of rotatable bonds is 6. The molecule has 0 aromatic heterocycles. The molecule has 10 nitrogen and oxygen atoms in total. The summed E-state index contributed by atoms with van der Waals surface area (Å²) in [5.74, 6) is -0.326. The predicted molar refractivity (Wildman–Crippen MR) is 180 cm³/mol. The van der Waals surface area contributed by atoms with E-state index >= 15 is 0 Å². The molecular weight excluding hydrogens is 611 g/mol. The largest absolute Gasteiger partial charge is 0.355 e. The number of nitrogens with one attached hydrogen (secondary N) is 2. The molecule has 3 atom stereocenters. The van der Waals surface area contributed by atoms with Crippen molar-refractivity contribution in [3.63, 3.8) is 0 Å². The molecule has 0 unspecified atom stereocenters. The second kappa shape index (κ2) is 16.0. The van der Waals surface area contributed by atoms with Crippen molar-refractivity contribution >= 4 is 23.6 Å². The Labute approximate surface area is 283 Å². The van der Waals surface area contributed by atoms with Crippen LogP contribution in [-0.4, -0.2) is 114 Å². The molecule has 0 radical (unpaired) electrons. The molecule has 11 heteroatoms. The van der Waals surface area contributed by atoms with Gasteiger partial charge in [0.1, 0.15) is 5.82 Å². The third kappa shape index (κ3) is 8.60. The monoisotopic (exact) mass is 660 g/mol. The lowest BCUT2D eigenvalue weighted by atomic mass is 9.80. The average molecular weight is 661 g/mol. The molecule has 2 aromatic carbocycles. The van der Waals surface area contributed by atoms with Gasteiger partial charge in [-0.1, -0.05) is 30.3 Å². The van der Waals surface area contributed by atoms with Crippen molar-refractivity contribution in [2.75, 3.05) is 58.9 Å². The first kappa shape index (κ1) is 34.0. The summed E-state index contributed by atoms with van der Waals surface area (Å²) in [5, 5.41) is 5.90. The van der Waals surface area contributed by atoms with Gasteiger partial charge in [-0.3, -0.25) is 29.0 Å². The summed E-state index contributed by atoms with van der Waals surface area (Å²) < 4.78 is 13.3. The van der Waals surface area contributed by atoms with E-state index in [0.29, 0.717) is 31.6 Å². The number of fused-ring (bicyclic) bond motifs is 9. The van der Waals surface area contributed by atoms with Crippen LogP contribution in [0.1, 0.15) is 60.9 Å². The van der Waals surface area contributed by atoms with Crippen LogP contribution in [0.25, 0.3) is 0 Å². The minimum Gasteiger partial charge on any atom is -0.355 e. The Kier molecular flexibility index (Phi) is 11.4. The maximum Gasteiger partial charge on any atom is 0.251 e. The Morgan fingerprint density at radius 1 is 0.875 bits per heavy atom. The normalized spacial score (nSPS) is 26.5. The van der Waals surface area contributed by atoms with Crippen molar-refractivity contribution in [1.82, 2.24) is 30.2 Å². The van der Waals surface area contributed by atoms with Crippen molar-refractivity contribution in [3.8, 4) is 0 Å². The highest BCUT2D eigenvalue weighted by atomic mass is 19.1. The number of hydrogen-bond acceptors (Lipinski definition) is 6. The Hall–Kier alpha value is -3.83. The van der Waals surface area contributed by atoms with Crippen LogP contribution < -0.4 is 10.6 Å². The van der Waals surface area contributed by atoms with E-state index in [1.54, 1.807) is 4.90 Å². The molecule has 0 aliphatic carbocycles. The van der Waals surface area contributed by atoms with Gasteiger partial charge in [0, 0.05) is 63.8 Å². The molecule has 2 N–H and O–H groups in total. The Bertz CT molecular complexity index is 1420. The first-order valence-electron chi connectivity index (χ1n) is 17.7. The summed E-state index contributed by atoms with van der Waals surface area (Å²) in [6, 6.07) is 15.6. The van der Waals surface area contributed by atoms with Gasteiger partial charge in [-0.2, -0.15) is 0 Å². The number of likely N-dealkylation sites (tertiary alicyclic amines) is 1. The number of carbonyl (C=O) groups is 4. The first-order valence-corrected chi connectivity index (χ1v) is 17.7. The standard InChI is InChI=1S/C37H49FN6O4/c38-31-10-8-28(9-11-31)36(47)40-17-22-43-26-34(45)39-16-12-30-25-41(24-27-5-2-1-3-6-27)19-13-29(30)23-35(46)42-20-14-32(15-21-42)44-18-4-7-33(44)37(43)48/h1-3,5-6,8-11,29-30,32-33H,4,7,12-26H2,(H,39,45)(H,40,47)/t29-,30-,33-/m0/s1. The summed E-state index contributed by atoms with van der Waals surface area (Å²) in [6.45, 7) is 5.67. The number of amides is 4. The number of carbonyl (C=O) groups excluding carboxylic acids is 4. The van der Waals surface area contributed by atoms with Crippen LogP contribution in [0.5, 0.6) is 0 Å². The average Bonchev–Trinajstić information content (AvgIpc) is 3.59. The molecular formula is C37H49FN6O4. The highest BCUT2D eigenvalue weighted by Gasteiger charge is 2.40. The van der Waals surface area contributed by atoms with E-state index in [1.807, 2.05) is 11.0 Å². The highest BCUT2D eigenvalue weighted by molar-refractivity contribution is 5.94. The molecule has 4 amide bonds. The van der Waals surface area contributed by atoms with Crippen molar-refractivity contribution in [3.05, 3.63) is 71.5 Å². The second-order valence-electron chi connectivity index (χ2n) is 13.9. The molecule has 0 spiro atoms. The van der Waals surface area contributed by atoms with Crippen molar-refractivity contribution in [2.45, 2.75) is 63.6 Å². The molecule has 5 saturated heterocycles. The Morgan fingerprint density at radius 2 is 1.65 bits per heavy atom. The van der Waals surface area contributed by atoms with Crippen LogP contribution in [0.3, 0.4) is 0 Å². The summed E-state index contributed by atoms with van der Waals surface area (Å²) in [4.78, 5) is 62.1. The van der Waals surface area contributed by atoms with Crippen LogP contribution in [-0.2, 0) is 20.9 Å². The van der Waals surface area contributed by atoms with Gasteiger partial charge in [0.15, 0.2) is 0 Å². The molecule has 258 valence electrons. The molecule has 48 heavy (non-hydrogen) atoms. The molecule has 5 aliphatic rings. The van der Waals surface area contributed by atoms with E-state index < -0.39 is 5.82 Å². The van der Waals surface area contributed by atoms with Gasteiger partial charge in [-0.15, -0.1) is 0 Å². The minimum absolute atomic E-state index is 0.0826. The molecule has 2 aromatic rings. The molecule has 7 rings (SSSR count). The zero-order valence-electron chi connectivity index (χ0n) is 27.8. The fourth-order valence-electron chi connectivity index (χ4n) is 8.14. The quantitative estimate of drug-likeness (QED) is 0.494. The number of piperidine rings is 2. The Morgan fingerprint density at radius 3 is 2.42 bits per heavy atom. The van der Waals surface area contributed by atoms with Gasteiger partial charge < -0.3 is 20.4 Å². The number of halogens is 1. The van der Waals surface area contributed by atoms with E-state index in [2.05, 4.69) is 44.7 Å². The topological polar surface area (TPSA) is 105 Å². The summed E-state index contributed by atoms with van der Waals surface area (Å²) in [6.07, 6.45) is 5.56. The summed E-state index contributed by atoms with van der Waals surface area (Å²) >= 11 is 0. The first-order chi connectivity index (χ1) is 23.3. The fraction of sp³-hybridized carbons (Fsp3) is 0.568. The fourth-order valence-corrected chi connectivity index (χ4v) is 8.14. The van der Waals surface area contributed by atoms with Crippen LogP contribution in [0, 0.1) is 17.7 Å². The Balaban J connectivity index is 1.15. The third-order valence-corrected chi connectivity index (χ3v) is 10.8. The zero-order chi connectivity index (χ0) is 33.5. The van der Waals surface area contributed by atoms with Crippen molar-refractivity contribution in [2.24, 2.45) is 11.8 Å². The lowest BCUT2D eigenvalue weighted by Crippen LogP contribution is -2.54. The van der Waals surface area contributed by atoms with Gasteiger partial charge >= 0.3 is 0 Å². The van der Waals surface area contributed by atoms with E-state index in [1.165, 1.54) is 29.8 Å². The van der Waals surface area contributed by atoms with Gasteiger partial charge in [-0.05, 0) is 93.3 Å². The van der Waals surface area contributed by atoms with Crippen molar-refractivity contribution < 1.29 is 23.6 Å². The van der Waals surface area contributed by atoms with Gasteiger partial charge in [0.25, 0.3) is 5.91 Å². The number of nitrogens with zero attached hydrogens (tertiary/aromatic N) is 4. The van der Waals surface area contributed by atoms with Crippen LogP contribution in [0.15, 0.2) is 54.6 Å². The summed E-state index contributed by atoms with van der Waals surface area (Å²) in [5.41, 5.74) is 1.60. The minimum atomic E-state index is -0.419. The smallest absolute Gasteiger partial charge is 0.251 e. The third-order valence-electron chi connectivity index (χ3n) is 10.8. The molecule has 5 heterocycles. The lowest BCUT2D eigenvalue weighted by Gasteiger charge is -2.41. The maximum absolute atomic E-state index is 14.1. The highest BCUT2D eigenvalue weighted by Crippen LogP contribution is 2.32. The molecule has 5 fully saturated rings. The van der Waals surface area contributed by atoms with Gasteiger partial charge in [0.05, 0.1) is 12.6 Å². The van der Waals surface area contributed by atoms with Crippen LogP contribution in [0.4, 0.5) is 4.39 Å². The predicted octanol–water partition coefficient (Wildman–Crippen LogP) is 2.89. The molecule has 5 aliphatic heterocycles. The van der Waals surface area contributed by atoms with Crippen LogP contribution >= 0.6 is 0 Å². The molecule has 0 saturated carbocycles. The number of benzene rings is 2. The zero-order valence-corrected chi connectivity index (χ0v) is 27.8. The molecule has 2 bridgehead atoms.